The van der Waals surface area contributed by atoms with E-state index < -0.39 is 0 Å². The molecule has 1 amide bonds. The zero-order chi connectivity index (χ0) is 19.5. The number of nitrogens with zero attached hydrogens (tertiary/aromatic N) is 2. The van der Waals surface area contributed by atoms with Crippen LogP contribution in [0, 0.1) is 0 Å². The number of hydrogen-bond acceptors (Lipinski definition) is 3. The van der Waals surface area contributed by atoms with Crippen LogP contribution in [0.1, 0.15) is 35.6 Å². The highest BCUT2D eigenvalue weighted by Crippen LogP contribution is 2.36. The van der Waals surface area contributed by atoms with E-state index in [2.05, 4.69) is 32.3 Å². The van der Waals surface area contributed by atoms with Crippen molar-refractivity contribution in [2.24, 2.45) is 0 Å². The standard InChI is InChI=1S/C23H29N2O2P/c1-27-19-8-7-18-3-2-4-22(21(18)16-19)24-11-13-25(14-12-24)23(26)15-17-5-9-20(28)10-6-17/h5-10,16,22H,2-4,11-15,28H2,1H3. The van der Waals surface area contributed by atoms with Crippen LogP contribution in [0.15, 0.2) is 42.5 Å². The molecule has 148 valence electrons. The maximum Gasteiger partial charge on any atom is 0.227 e. The molecule has 5 heteroatoms. The Hall–Kier alpha value is -1.90. The lowest BCUT2D eigenvalue weighted by atomic mass is 9.86. The highest BCUT2D eigenvalue weighted by molar-refractivity contribution is 7.27. The van der Waals surface area contributed by atoms with Gasteiger partial charge in [0, 0.05) is 32.2 Å². The van der Waals surface area contributed by atoms with Gasteiger partial charge in [0.15, 0.2) is 0 Å². The van der Waals surface area contributed by atoms with Gasteiger partial charge in [-0.1, -0.05) is 30.3 Å². The highest BCUT2D eigenvalue weighted by Gasteiger charge is 2.30. The Morgan fingerprint density at radius 1 is 1.11 bits per heavy atom. The molecule has 4 rings (SSSR count). The van der Waals surface area contributed by atoms with E-state index in [4.69, 9.17) is 4.74 Å². The summed E-state index contributed by atoms with van der Waals surface area (Å²) in [6, 6.07) is 15.1. The Kier molecular flexibility index (Phi) is 5.99. The first-order valence-electron chi connectivity index (χ1n) is 10.2. The molecule has 2 aliphatic rings. The van der Waals surface area contributed by atoms with E-state index in [1.54, 1.807) is 7.11 Å². The van der Waals surface area contributed by atoms with Gasteiger partial charge in [0.25, 0.3) is 0 Å². The van der Waals surface area contributed by atoms with Crippen molar-refractivity contribution in [1.82, 2.24) is 9.80 Å². The molecule has 0 radical (unpaired) electrons. The van der Waals surface area contributed by atoms with Gasteiger partial charge in [0.05, 0.1) is 13.5 Å². The number of hydrogen-bond donors (Lipinski definition) is 0. The Morgan fingerprint density at radius 3 is 2.57 bits per heavy atom. The molecule has 0 N–H and O–H groups in total. The summed E-state index contributed by atoms with van der Waals surface area (Å²) in [4.78, 5) is 17.3. The molecule has 4 nitrogen and oxygen atoms in total. The normalized spacial score (nSPS) is 19.9. The van der Waals surface area contributed by atoms with E-state index in [-0.39, 0.29) is 5.91 Å². The Labute approximate surface area is 170 Å². The molecule has 2 unspecified atom stereocenters. The van der Waals surface area contributed by atoms with Crippen molar-refractivity contribution in [2.75, 3.05) is 33.3 Å². The van der Waals surface area contributed by atoms with Crippen LogP contribution in [0.2, 0.25) is 0 Å². The maximum absolute atomic E-state index is 12.7. The number of carbonyl (C=O) groups is 1. The molecule has 28 heavy (non-hydrogen) atoms. The number of piperazine rings is 1. The van der Waals surface area contributed by atoms with Crippen LogP contribution in [-0.2, 0) is 17.6 Å². The van der Waals surface area contributed by atoms with Gasteiger partial charge in [-0.3, -0.25) is 9.69 Å². The third-order valence-electron chi connectivity index (χ3n) is 6.08. The summed E-state index contributed by atoms with van der Waals surface area (Å²) >= 11 is 0. The largest absolute Gasteiger partial charge is 0.497 e. The number of benzene rings is 2. The first kappa shape index (κ1) is 19.4. The minimum absolute atomic E-state index is 0.238. The smallest absolute Gasteiger partial charge is 0.227 e. The summed E-state index contributed by atoms with van der Waals surface area (Å²) in [5.41, 5.74) is 3.96. The van der Waals surface area contributed by atoms with Crippen molar-refractivity contribution >= 4 is 20.5 Å². The molecule has 2 atom stereocenters. The Morgan fingerprint density at radius 2 is 1.86 bits per heavy atom. The number of carbonyl (C=O) groups excluding carboxylic acids is 1. The monoisotopic (exact) mass is 396 g/mol. The van der Waals surface area contributed by atoms with Gasteiger partial charge >= 0.3 is 0 Å². The third kappa shape index (κ3) is 4.24. The summed E-state index contributed by atoms with van der Waals surface area (Å²) in [5, 5.41) is 1.15. The van der Waals surface area contributed by atoms with E-state index in [0.29, 0.717) is 12.5 Å². The topological polar surface area (TPSA) is 32.8 Å². The predicted octanol–water partition coefficient (Wildman–Crippen LogP) is 2.96. The van der Waals surface area contributed by atoms with Crippen molar-refractivity contribution in [3.8, 4) is 5.75 Å². The van der Waals surface area contributed by atoms with Gasteiger partial charge in [0.1, 0.15) is 5.75 Å². The number of rotatable bonds is 4. The third-order valence-corrected chi connectivity index (χ3v) is 6.46. The fourth-order valence-corrected chi connectivity index (χ4v) is 4.66. The molecule has 2 aromatic rings. The van der Waals surface area contributed by atoms with Crippen molar-refractivity contribution in [3.05, 3.63) is 59.2 Å². The minimum Gasteiger partial charge on any atom is -0.497 e. The molecule has 0 spiro atoms. The fraction of sp³-hybridized carbons (Fsp3) is 0.435. The van der Waals surface area contributed by atoms with Gasteiger partial charge in [-0.2, -0.15) is 0 Å². The van der Waals surface area contributed by atoms with Crippen LogP contribution in [0.4, 0.5) is 0 Å². The molecule has 0 bridgehead atoms. The summed E-state index contributed by atoms with van der Waals surface area (Å²) in [5.74, 6) is 1.18. The van der Waals surface area contributed by atoms with Gasteiger partial charge in [-0.05, 0) is 53.4 Å². The zero-order valence-electron chi connectivity index (χ0n) is 16.6. The average Bonchev–Trinajstić information content (AvgIpc) is 2.74. The summed E-state index contributed by atoms with van der Waals surface area (Å²) in [6.45, 7) is 3.52. The highest BCUT2D eigenvalue weighted by atomic mass is 31.0. The van der Waals surface area contributed by atoms with Crippen molar-refractivity contribution in [1.29, 1.82) is 0 Å². The van der Waals surface area contributed by atoms with E-state index >= 15 is 0 Å². The summed E-state index contributed by atoms with van der Waals surface area (Å²) < 4.78 is 5.46. The number of methoxy groups -OCH3 is 1. The van der Waals surface area contributed by atoms with E-state index in [0.717, 1.165) is 49.2 Å². The van der Waals surface area contributed by atoms with Crippen molar-refractivity contribution in [3.63, 3.8) is 0 Å². The molecule has 1 saturated heterocycles. The number of ether oxygens (including phenoxy) is 1. The lowest BCUT2D eigenvalue weighted by molar-refractivity contribution is -0.132. The molecule has 1 aliphatic carbocycles. The lowest BCUT2D eigenvalue weighted by Gasteiger charge is -2.41. The summed E-state index contributed by atoms with van der Waals surface area (Å²) in [7, 11) is 4.42. The second-order valence-corrected chi connectivity index (χ2v) is 8.47. The SMILES string of the molecule is COc1ccc2c(c1)C(N1CCN(C(=O)Cc3ccc(P)cc3)CC1)CCC2. The second-order valence-electron chi connectivity index (χ2n) is 7.81. The number of aryl methyl sites for hydroxylation is 1. The van der Waals surface area contributed by atoms with Gasteiger partial charge in [-0.15, -0.1) is 9.24 Å². The molecule has 0 aromatic heterocycles. The van der Waals surface area contributed by atoms with Crippen LogP contribution >= 0.6 is 9.24 Å². The average molecular weight is 396 g/mol. The van der Waals surface area contributed by atoms with Gasteiger partial charge < -0.3 is 9.64 Å². The summed E-state index contributed by atoms with van der Waals surface area (Å²) in [6.07, 6.45) is 4.07. The fourth-order valence-electron chi connectivity index (χ4n) is 4.46. The lowest BCUT2D eigenvalue weighted by Crippen LogP contribution is -2.50. The van der Waals surface area contributed by atoms with E-state index in [1.165, 1.54) is 24.0 Å². The molecule has 0 saturated carbocycles. The first-order valence-corrected chi connectivity index (χ1v) is 10.7. The zero-order valence-corrected chi connectivity index (χ0v) is 17.7. The molecule has 1 fully saturated rings. The molecule has 2 aromatic carbocycles. The van der Waals surface area contributed by atoms with Crippen LogP contribution in [0.5, 0.6) is 5.75 Å². The Balaban J connectivity index is 1.38. The van der Waals surface area contributed by atoms with Crippen molar-refractivity contribution in [2.45, 2.75) is 31.7 Å². The van der Waals surface area contributed by atoms with Crippen LogP contribution in [0.25, 0.3) is 0 Å². The van der Waals surface area contributed by atoms with E-state index in [1.807, 2.05) is 29.2 Å². The van der Waals surface area contributed by atoms with Crippen LogP contribution in [0.3, 0.4) is 0 Å². The second kappa shape index (κ2) is 8.63. The Bertz CT molecular complexity index is 829. The molecule has 1 aliphatic heterocycles. The van der Waals surface area contributed by atoms with Crippen LogP contribution in [-0.4, -0.2) is 49.0 Å². The minimum atomic E-state index is 0.238. The molecular formula is C23H29N2O2P. The van der Waals surface area contributed by atoms with Gasteiger partial charge in [-0.25, -0.2) is 0 Å². The number of fused-ring (bicyclic) bond motifs is 1. The number of amides is 1. The van der Waals surface area contributed by atoms with Gasteiger partial charge in [0.2, 0.25) is 5.91 Å². The predicted molar refractivity (Wildman–Crippen MR) is 116 cm³/mol. The quantitative estimate of drug-likeness (QED) is 0.745. The van der Waals surface area contributed by atoms with Crippen molar-refractivity contribution < 1.29 is 9.53 Å². The first-order chi connectivity index (χ1) is 13.6. The van der Waals surface area contributed by atoms with Crippen LogP contribution < -0.4 is 10.0 Å². The molecular weight excluding hydrogens is 367 g/mol. The maximum atomic E-state index is 12.7. The van der Waals surface area contributed by atoms with E-state index in [9.17, 15) is 4.79 Å². The molecule has 1 heterocycles.